The maximum absolute atomic E-state index is 12.4. The molecule has 128 valence electrons. The standard InChI is InChI=1S/C19H22ClNO2S/c1-13(2)24-11-10-21-19(22)16-6-4-5-7-18(16)23-17-9-8-15(20)12-14(17)3/h4-9,12-13H,10-11H2,1-3H3,(H,21,22). The molecule has 0 heterocycles. The van der Waals surface area contributed by atoms with E-state index in [0.717, 1.165) is 11.3 Å². The number of rotatable bonds is 7. The van der Waals surface area contributed by atoms with Crippen LogP contribution in [0.2, 0.25) is 5.02 Å². The lowest BCUT2D eigenvalue weighted by atomic mass is 10.1. The molecule has 2 aromatic carbocycles. The smallest absolute Gasteiger partial charge is 0.255 e. The molecule has 2 aromatic rings. The highest BCUT2D eigenvalue weighted by Crippen LogP contribution is 2.29. The average molecular weight is 364 g/mol. The van der Waals surface area contributed by atoms with Crippen LogP contribution >= 0.6 is 23.4 Å². The van der Waals surface area contributed by atoms with Gasteiger partial charge in [-0.2, -0.15) is 11.8 Å². The number of carbonyl (C=O) groups excluding carboxylic acids is 1. The molecule has 2 rings (SSSR count). The van der Waals surface area contributed by atoms with Crippen molar-refractivity contribution in [2.75, 3.05) is 12.3 Å². The normalized spacial score (nSPS) is 10.7. The maximum atomic E-state index is 12.4. The summed E-state index contributed by atoms with van der Waals surface area (Å²) in [6.45, 7) is 6.84. The van der Waals surface area contributed by atoms with Crippen molar-refractivity contribution in [3.63, 3.8) is 0 Å². The number of nitrogens with one attached hydrogen (secondary N) is 1. The maximum Gasteiger partial charge on any atom is 0.255 e. The Morgan fingerprint density at radius 2 is 1.96 bits per heavy atom. The van der Waals surface area contributed by atoms with Crippen molar-refractivity contribution in [3.05, 3.63) is 58.6 Å². The van der Waals surface area contributed by atoms with Gasteiger partial charge in [0.1, 0.15) is 11.5 Å². The van der Waals surface area contributed by atoms with Crippen LogP contribution in [0, 0.1) is 6.92 Å². The molecule has 0 aliphatic carbocycles. The Bertz CT molecular complexity index is 704. The summed E-state index contributed by atoms with van der Waals surface area (Å²) in [5, 5.41) is 4.16. The van der Waals surface area contributed by atoms with Gasteiger partial charge in [0.05, 0.1) is 5.56 Å². The zero-order valence-electron chi connectivity index (χ0n) is 14.1. The largest absolute Gasteiger partial charge is 0.456 e. The predicted molar refractivity (Wildman–Crippen MR) is 103 cm³/mol. The van der Waals surface area contributed by atoms with E-state index in [1.165, 1.54) is 0 Å². The SMILES string of the molecule is Cc1cc(Cl)ccc1Oc1ccccc1C(=O)NCCSC(C)C. The number of carbonyl (C=O) groups is 1. The Balaban J connectivity index is 2.08. The second kappa shape index (κ2) is 9.00. The zero-order chi connectivity index (χ0) is 17.5. The number of halogens is 1. The van der Waals surface area contributed by atoms with Gasteiger partial charge in [0.15, 0.2) is 0 Å². The molecule has 1 amide bonds. The quantitative estimate of drug-likeness (QED) is 0.677. The molecule has 0 atom stereocenters. The first-order valence-electron chi connectivity index (χ1n) is 7.90. The molecule has 0 radical (unpaired) electrons. The highest BCUT2D eigenvalue weighted by Gasteiger charge is 2.13. The fourth-order valence-corrected chi connectivity index (χ4v) is 3.06. The highest BCUT2D eigenvalue weighted by molar-refractivity contribution is 7.99. The van der Waals surface area contributed by atoms with Crippen molar-refractivity contribution in [2.45, 2.75) is 26.0 Å². The molecule has 5 heteroatoms. The minimum absolute atomic E-state index is 0.124. The van der Waals surface area contributed by atoms with E-state index in [1.807, 2.05) is 43.0 Å². The van der Waals surface area contributed by atoms with Gasteiger partial charge < -0.3 is 10.1 Å². The summed E-state index contributed by atoms with van der Waals surface area (Å²) in [6, 6.07) is 12.7. The number of ether oxygens (including phenoxy) is 1. The minimum atomic E-state index is -0.124. The average Bonchev–Trinajstić information content (AvgIpc) is 2.54. The van der Waals surface area contributed by atoms with Gasteiger partial charge in [0.25, 0.3) is 5.91 Å². The molecule has 0 fully saturated rings. The summed E-state index contributed by atoms with van der Waals surface area (Å²) in [4.78, 5) is 12.4. The second-order valence-electron chi connectivity index (χ2n) is 5.68. The van der Waals surface area contributed by atoms with Crippen LogP contribution < -0.4 is 10.1 Å². The lowest BCUT2D eigenvalue weighted by molar-refractivity contribution is 0.0954. The summed E-state index contributed by atoms with van der Waals surface area (Å²) < 4.78 is 5.94. The van der Waals surface area contributed by atoms with Crippen LogP contribution in [-0.4, -0.2) is 23.5 Å². The zero-order valence-corrected chi connectivity index (χ0v) is 15.7. The Labute approximate surface area is 152 Å². The van der Waals surface area contributed by atoms with E-state index in [-0.39, 0.29) is 5.91 Å². The van der Waals surface area contributed by atoms with E-state index in [4.69, 9.17) is 16.3 Å². The van der Waals surface area contributed by atoms with Crippen molar-refractivity contribution in [1.82, 2.24) is 5.32 Å². The molecule has 24 heavy (non-hydrogen) atoms. The fraction of sp³-hybridized carbons (Fsp3) is 0.316. The Kier molecular flexibility index (Phi) is 7.00. The first kappa shape index (κ1) is 18.7. The van der Waals surface area contributed by atoms with Crippen molar-refractivity contribution in [2.24, 2.45) is 0 Å². The summed E-state index contributed by atoms with van der Waals surface area (Å²) in [6.07, 6.45) is 0. The summed E-state index contributed by atoms with van der Waals surface area (Å²) in [5.74, 6) is 2.00. The van der Waals surface area contributed by atoms with E-state index in [9.17, 15) is 4.79 Å². The van der Waals surface area contributed by atoms with Crippen molar-refractivity contribution >= 4 is 29.3 Å². The van der Waals surface area contributed by atoms with Crippen molar-refractivity contribution in [1.29, 1.82) is 0 Å². The Morgan fingerprint density at radius 3 is 2.67 bits per heavy atom. The molecule has 0 aliphatic rings. The second-order valence-corrected chi connectivity index (χ2v) is 7.80. The van der Waals surface area contributed by atoms with Crippen LogP contribution in [0.15, 0.2) is 42.5 Å². The summed E-state index contributed by atoms with van der Waals surface area (Å²) >= 11 is 7.79. The molecule has 0 saturated carbocycles. The molecular formula is C19H22ClNO2S. The fourth-order valence-electron chi connectivity index (χ4n) is 2.14. The molecule has 0 bridgehead atoms. The molecule has 3 nitrogen and oxygen atoms in total. The minimum Gasteiger partial charge on any atom is -0.456 e. The lowest BCUT2D eigenvalue weighted by Crippen LogP contribution is -2.26. The first-order chi connectivity index (χ1) is 11.5. The van der Waals surface area contributed by atoms with Crippen LogP contribution in [0.5, 0.6) is 11.5 Å². The Hall–Kier alpha value is -1.65. The lowest BCUT2D eigenvalue weighted by Gasteiger charge is -2.13. The number of amides is 1. The van der Waals surface area contributed by atoms with Gasteiger partial charge in [-0.15, -0.1) is 0 Å². The van der Waals surface area contributed by atoms with Gasteiger partial charge in [-0.1, -0.05) is 37.6 Å². The predicted octanol–water partition coefficient (Wildman–Crippen LogP) is 5.31. The van der Waals surface area contributed by atoms with Crippen LogP contribution in [0.4, 0.5) is 0 Å². The molecule has 0 aliphatic heterocycles. The monoisotopic (exact) mass is 363 g/mol. The van der Waals surface area contributed by atoms with Gasteiger partial charge >= 0.3 is 0 Å². The third-order valence-corrected chi connectivity index (χ3v) is 4.67. The molecule has 0 unspecified atom stereocenters. The van der Waals surface area contributed by atoms with Crippen molar-refractivity contribution < 1.29 is 9.53 Å². The molecule has 0 saturated heterocycles. The third kappa shape index (κ3) is 5.46. The van der Waals surface area contributed by atoms with Crippen LogP contribution in [-0.2, 0) is 0 Å². The van der Waals surface area contributed by atoms with E-state index in [0.29, 0.717) is 33.9 Å². The third-order valence-electron chi connectivity index (χ3n) is 3.33. The molecule has 1 N–H and O–H groups in total. The number of hydrogen-bond donors (Lipinski definition) is 1. The molecule has 0 aromatic heterocycles. The first-order valence-corrected chi connectivity index (χ1v) is 9.33. The number of para-hydroxylation sites is 1. The van der Waals surface area contributed by atoms with Crippen LogP contribution in [0.25, 0.3) is 0 Å². The van der Waals surface area contributed by atoms with E-state index < -0.39 is 0 Å². The summed E-state index contributed by atoms with van der Waals surface area (Å²) in [7, 11) is 0. The Morgan fingerprint density at radius 1 is 1.21 bits per heavy atom. The van der Waals surface area contributed by atoms with E-state index in [1.54, 1.807) is 18.2 Å². The highest BCUT2D eigenvalue weighted by atomic mass is 35.5. The summed E-state index contributed by atoms with van der Waals surface area (Å²) in [5.41, 5.74) is 1.45. The number of benzene rings is 2. The molecular weight excluding hydrogens is 342 g/mol. The van der Waals surface area contributed by atoms with Gasteiger partial charge in [0, 0.05) is 17.3 Å². The van der Waals surface area contributed by atoms with Crippen molar-refractivity contribution in [3.8, 4) is 11.5 Å². The van der Waals surface area contributed by atoms with Gasteiger partial charge in [0.2, 0.25) is 0 Å². The van der Waals surface area contributed by atoms with Gasteiger partial charge in [-0.05, 0) is 48.1 Å². The van der Waals surface area contributed by atoms with E-state index >= 15 is 0 Å². The van der Waals surface area contributed by atoms with Crippen LogP contribution in [0.1, 0.15) is 29.8 Å². The number of thioether (sulfide) groups is 1. The van der Waals surface area contributed by atoms with Gasteiger partial charge in [-0.3, -0.25) is 4.79 Å². The topological polar surface area (TPSA) is 38.3 Å². The number of hydrogen-bond acceptors (Lipinski definition) is 3. The van der Waals surface area contributed by atoms with Gasteiger partial charge in [-0.25, -0.2) is 0 Å². The van der Waals surface area contributed by atoms with E-state index in [2.05, 4.69) is 19.2 Å². The number of aryl methyl sites for hydroxylation is 1. The van der Waals surface area contributed by atoms with Crippen LogP contribution in [0.3, 0.4) is 0 Å². The molecule has 0 spiro atoms.